The van der Waals surface area contributed by atoms with E-state index in [2.05, 4.69) is 15.4 Å². The number of likely N-dealkylation sites (N-methyl/N-ethyl adjacent to an activating group) is 1. The molecule has 0 rings (SSSR count). The molecule has 0 saturated carbocycles. The molecule has 88 valence electrons. The van der Waals surface area contributed by atoms with Crippen molar-refractivity contribution in [2.45, 2.75) is 26.3 Å². The fourth-order valence-corrected chi connectivity index (χ4v) is 1.18. The van der Waals surface area contributed by atoms with Gasteiger partial charge in [0, 0.05) is 0 Å². The maximum atomic E-state index is 11.4. The predicted molar refractivity (Wildman–Crippen MR) is 57.3 cm³/mol. The van der Waals surface area contributed by atoms with Gasteiger partial charge in [-0.2, -0.15) is 0 Å². The third-order valence-corrected chi connectivity index (χ3v) is 2.32. The smallest absolute Gasteiger partial charge is 0.328 e. The molecule has 2 N–H and O–H groups in total. The lowest BCUT2D eigenvalue weighted by atomic mass is 9.99. The first-order valence-electron chi connectivity index (χ1n) is 5.08. The van der Waals surface area contributed by atoms with E-state index in [1.807, 2.05) is 13.8 Å². The number of carbonyl (C=O) groups excluding carboxylic acids is 2. The zero-order valence-corrected chi connectivity index (χ0v) is 9.79. The van der Waals surface area contributed by atoms with Gasteiger partial charge in [-0.05, 0) is 13.0 Å². The van der Waals surface area contributed by atoms with E-state index < -0.39 is 12.0 Å². The summed E-state index contributed by atoms with van der Waals surface area (Å²) in [5.41, 5.74) is 0. The minimum Gasteiger partial charge on any atom is -0.467 e. The van der Waals surface area contributed by atoms with Gasteiger partial charge in [0.25, 0.3) is 0 Å². The van der Waals surface area contributed by atoms with E-state index >= 15 is 0 Å². The summed E-state index contributed by atoms with van der Waals surface area (Å²) in [5.74, 6) is -0.528. The molecule has 0 heterocycles. The normalized spacial score (nSPS) is 14.1. The monoisotopic (exact) mass is 216 g/mol. The highest BCUT2D eigenvalue weighted by atomic mass is 16.5. The SMILES string of the molecule is CCC(C)C(NC(=O)CNC)C(=O)OC. The lowest BCUT2D eigenvalue weighted by Gasteiger charge is -2.21. The van der Waals surface area contributed by atoms with Gasteiger partial charge in [0.1, 0.15) is 6.04 Å². The summed E-state index contributed by atoms with van der Waals surface area (Å²) < 4.78 is 4.64. The van der Waals surface area contributed by atoms with Crippen molar-refractivity contribution in [2.24, 2.45) is 5.92 Å². The molecule has 0 spiro atoms. The van der Waals surface area contributed by atoms with E-state index in [0.717, 1.165) is 6.42 Å². The first kappa shape index (κ1) is 13.9. The molecule has 0 aromatic heterocycles. The Labute approximate surface area is 90.6 Å². The van der Waals surface area contributed by atoms with Gasteiger partial charge >= 0.3 is 5.97 Å². The number of rotatable bonds is 6. The lowest BCUT2D eigenvalue weighted by molar-refractivity contribution is -0.146. The van der Waals surface area contributed by atoms with E-state index in [9.17, 15) is 9.59 Å². The van der Waals surface area contributed by atoms with Crippen molar-refractivity contribution in [3.05, 3.63) is 0 Å². The number of esters is 1. The fourth-order valence-electron chi connectivity index (χ4n) is 1.18. The van der Waals surface area contributed by atoms with Crippen LogP contribution in [0.3, 0.4) is 0 Å². The Hall–Kier alpha value is -1.10. The average Bonchev–Trinajstić information content (AvgIpc) is 2.24. The quantitative estimate of drug-likeness (QED) is 0.609. The van der Waals surface area contributed by atoms with Gasteiger partial charge in [0.15, 0.2) is 0 Å². The number of amides is 1. The Balaban J connectivity index is 4.37. The van der Waals surface area contributed by atoms with Gasteiger partial charge < -0.3 is 15.4 Å². The van der Waals surface area contributed by atoms with E-state index in [4.69, 9.17) is 0 Å². The average molecular weight is 216 g/mol. The van der Waals surface area contributed by atoms with Crippen molar-refractivity contribution in [2.75, 3.05) is 20.7 Å². The van der Waals surface area contributed by atoms with Crippen molar-refractivity contribution >= 4 is 11.9 Å². The molecule has 0 aromatic rings. The van der Waals surface area contributed by atoms with Gasteiger partial charge in [-0.3, -0.25) is 4.79 Å². The van der Waals surface area contributed by atoms with Gasteiger partial charge in [-0.1, -0.05) is 20.3 Å². The zero-order valence-electron chi connectivity index (χ0n) is 9.79. The first-order valence-corrected chi connectivity index (χ1v) is 5.08. The summed E-state index contributed by atoms with van der Waals surface area (Å²) in [5, 5.41) is 5.37. The molecule has 0 aliphatic rings. The predicted octanol–water partition coefficient (Wildman–Crippen LogP) is -0.0903. The molecule has 5 nitrogen and oxygen atoms in total. The molecular formula is C10H20N2O3. The number of carbonyl (C=O) groups is 2. The van der Waals surface area contributed by atoms with Crippen LogP contribution in [0.4, 0.5) is 0 Å². The number of ether oxygens (including phenoxy) is 1. The molecule has 0 radical (unpaired) electrons. The van der Waals surface area contributed by atoms with E-state index in [1.165, 1.54) is 7.11 Å². The Morgan fingerprint density at radius 3 is 2.40 bits per heavy atom. The minimum absolute atomic E-state index is 0.0678. The fraction of sp³-hybridized carbons (Fsp3) is 0.800. The van der Waals surface area contributed by atoms with E-state index in [-0.39, 0.29) is 18.4 Å². The summed E-state index contributed by atoms with van der Waals surface area (Å²) in [7, 11) is 3.00. The lowest BCUT2D eigenvalue weighted by Crippen LogP contribution is -2.48. The molecule has 2 unspecified atom stereocenters. The second-order valence-corrected chi connectivity index (χ2v) is 3.48. The standard InChI is InChI=1S/C10H20N2O3/c1-5-7(2)9(10(14)15-4)12-8(13)6-11-3/h7,9,11H,5-6H2,1-4H3,(H,12,13). The molecule has 2 atom stereocenters. The van der Waals surface area contributed by atoms with Crippen LogP contribution in [0.2, 0.25) is 0 Å². The third-order valence-electron chi connectivity index (χ3n) is 2.32. The van der Waals surface area contributed by atoms with Crippen LogP contribution in [0.1, 0.15) is 20.3 Å². The third kappa shape index (κ3) is 4.78. The van der Waals surface area contributed by atoms with Crippen molar-refractivity contribution < 1.29 is 14.3 Å². The van der Waals surface area contributed by atoms with Crippen LogP contribution in [-0.2, 0) is 14.3 Å². The maximum absolute atomic E-state index is 11.4. The van der Waals surface area contributed by atoms with Gasteiger partial charge in [0.2, 0.25) is 5.91 Å². The van der Waals surface area contributed by atoms with Gasteiger partial charge in [-0.15, -0.1) is 0 Å². The van der Waals surface area contributed by atoms with Crippen LogP contribution in [-0.4, -0.2) is 38.6 Å². The van der Waals surface area contributed by atoms with Crippen molar-refractivity contribution in [1.82, 2.24) is 10.6 Å². The summed E-state index contributed by atoms with van der Waals surface area (Å²) in [6.07, 6.45) is 0.805. The number of hydrogen-bond acceptors (Lipinski definition) is 4. The summed E-state index contributed by atoms with van der Waals surface area (Å²) in [4.78, 5) is 22.7. The highest BCUT2D eigenvalue weighted by Crippen LogP contribution is 2.08. The van der Waals surface area contributed by atoms with Crippen molar-refractivity contribution in [3.8, 4) is 0 Å². The molecule has 15 heavy (non-hydrogen) atoms. The molecule has 0 aliphatic heterocycles. The molecular weight excluding hydrogens is 196 g/mol. The first-order chi connectivity index (χ1) is 7.06. The highest BCUT2D eigenvalue weighted by Gasteiger charge is 2.26. The van der Waals surface area contributed by atoms with Crippen LogP contribution in [0.15, 0.2) is 0 Å². The summed E-state index contributed by atoms with van der Waals surface area (Å²) >= 11 is 0. The van der Waals surface area contributed by atoms with Crippen LogP contribution in [0.25, 0.3) is 0 Å². The van der Waals surface area contributed by atoms with Crippen LogP contribution in [0.5, 0.6) is 0 Å². The van der Waals surface area contributed by atoms with Gasteiger partial charge in [-0.25, -0.2) is 4.79 Å². The van der Waals surface area contributed by atoms with Crippen molar-refractivity contribution in [3.63, 3.8) is 0 Å². The molecule has 0 fully saturated rings. The summed E-state index contributed by atoms with van der Waals surface area (Å²) in [6, 6.07) is -0.555. The molecule has 0 saturated heterocycles. The minimum atomic E-state index is -0.555. The Kier molecular flexibility index (Phi) is 6.70. The Bertz CT molecular complexity index is 219. The second kappa shape index (κ2) is 7.23. The number of nitrogens with one attached hydrogen (secondary N) is 2. The Morgan fingerprint density at radius 1 is 1.40 bits per heavy atom. The molecule has 5 heteroatoms. The second-order valence-electron chi connectivity index (χ2n) is 3.48. The van der Waals surface area contributed by atoms with Crippen LogP contribution < -0.4 is 10.6 Å². The molecule has 0 aliphatic carbocycles. The largest absolute Gasteiger partial charge is 0.467 e. The van der Waals surface area contributed by atoms with Gasteiger partial charge in [0.05, 0.1) is 13.7 Å². The van der Waals surface area contributed by atoms with Crippen LogP contribution >= 0.6 is 0 Å². The highest BCUT2D eigenvalue weighted by molar-refractivity contribution is 5.85. The van der Waals surface area contributed by atoms with Crippen molar-refractivity contribution in [1.29, 1.82) is 0 Å². The van der Waals surface area contributed by atoms with E-state index in [0.29, 0.717) is 0 Å². The van der Waals surface area contributed by atoms with E-state index in [1.54, 1.807) is 7.05 Å². The molecule has 0 aromatic carbocycles. The number of hydrogen-bond donors (Lipinski definition) is 2. The molecule has 0 bridgehead atoms. The summed E-state index contributed by atoms with van der Waals surface area (Å²) in [6.45, 7) is 4.07. The zero-order chi connectivity index (χ0) is 11.8. The Morgan fingerprint density at radius 2 is 2.00 bits per heavy atom. The topological polar surface area (TPSA) is 67.4 Å². The maximum Gasteiger partial charge on any atom is 0.328 e. The number of methoxy groups -OCH3 is 1. The van der Waals surface area contributed by atoms with Crippen LogP contribution in [0, 0.1) is 5.92 Å². The molecule has 1 amide bonds.